The summed E-state index contributed by atoms with van der Waals surface area (Å²) >= 11 is 0. The Morgan fingerprint density at radius 1 is 1.15 bits per heavy atom. The first-order chi connectivity index (χ1) is 13.0. The average Bonchev–Trinajstić information content (AvgIpc) is 3.07. The Kier molecular flexibility index (Phi) is 3.90. The van der Waals surface area contributed by atoms with Crippen molar-refractivity contribution in [2.75, 3.05) is 0 Å². The van der Waals surface area contributed by atoms with Gasteiger partial charge in [-0.3, -0.25) is 4.79 Å². The zero-order valence-corrected chi connectivity index (χ0v) is 15.5. The molecule has 0 spiro atoms. The van der Waals surface area contributed by atoms with Gasteiger partial charge < -0.3 is 14.9 Å². The third kappa shape index (κ3) is 3.29. The summed E-state index contributed by atoms with van der Waals surface area (Å²) < 4.78 is 5.33. The molecule has 5 heteroatoms. The smallest absolute Gasteiger partial charge is 0.290 e. The second-order valence-corrected chi connectivity index (χ2v) is 9.09. The lowest BCUT2D eigenvalue weighted by molar-refractivity contribution is -0.139. The van der Waals surface area contributed by atoms with E-state index < -0.39 is 5.60 Å². The molecule has 4 aliphatic carbocycles. The van der Waals surface area contributed by atoms with Crippen LogP contribution in [-0.2, 0) is 12.8 Å². The van der Waals surface area contributed by atoms with Crippen LogP contribution in [-0.4, -0.2) is 27.3 Å². The van der Waals surface area contributed by atoms with Crippen molar-refractivity contribution >= 4 is 5.91 Å². The molecule has 142 valence electrons. The van der Waals surface area contributed by atoms with Gasteiger partial charge in [-0.25, -0.2) is 0 Å². The summed E-state index contributed by atoms with van der Waals surface area (Å²) in [5, 5.41) is 18.1. The zero-order valence-electron chi connectivity index (χ0n) is 15.5. The average molecular weight is 366 g/mol. The third-order valence-electron chi connectivity index (χ3n) is 6.70. The molecule has 2 N–H and O–H groups in total. The zero-order chi connectivity index (χ0) is 18.5. The summed E-state index contributed by atoms with van der Waals surface area (Å²) in [5.74, 6) is 1.15. The monoisotopic (exact) mass is 366 g/mol. The molecule has 0 aliphatic heterocycles. The van der Waals surface area contributed by atoms with Crippen LogP contribution in [0.25, 0.3) is 0 Å². The fourth-order valence-corrected chi connectivity index (χ4v) is 6.12. The largest absolute Gasteiger partial charge is 0.390 e. The summed E-state index contributed by atoms with van der Waals surface area (Å²) in [6, 6.07) is 12.0. The van der Waals surface area contributed by atoms with Gasteiger partial charge in [0.15, 0.2) is 0 Å². The van der Waals surface area contributed by atoms with Crippen LogP contribution in [0.2, 0.25) is 0 Å². The minimum Gasteiger partial charge on any atom is -0.390 e. The van der Waals surface area contributed by atoms with Crippen molar-refractivity contribution in [2.45, 2.75) is 62.5 Å². The van der Waals surface area contributed by atoms with Gasteiger partial charge in [0.25, 0.3) is 5.91 Å². The lowest BCUT2D eigenvalue weighted by Crippen LogP contribution is -2.65. The Morgan fingerprint density at radius 2 is 1.89 bits per heavy atom. The van der Waals surface area contributed by atoms with E-state index in [9.17, 15) is 9.90 Å². The van der Waals surface area contributed by atoms with E-state index in [-0.39, 0.29) is 17.2 Å². The first-order valence-electron chi connectivity index (χ1n) is 10.1. The Bertz CT molecular complexity index is 830. The number of hydrogen-bond acceptors (Lipinski definition) is 4. The van der Waals surface area contributed by atoms with E-state index in [4.69, 9.17) is 4.52 Å². The van der Waals surface area contributed by atoms with Gasteiger partial charge in [0, 0.05) is 11.6 Å². The van der Waals surface area contributed by atoms with E-state index in [1.807, 2.05) is 18.2 Å². The van der Waals surface area contributed by atoms with E-state index in [0.717, 1.165) is 44.2 Å². The van der Waals surface area contributed by atoms with Crippen LogP contribution < -0.4 is 5.32 Å². The van der Waals surface area contributed by atoms with E-state index in [1.165, 1.54) is 12.0 Å². The maximum absolute atomic E-state index is 12.8. The van der Waals surface area contributed by atoms with Crippen LogP contribution >= 0.6 is 0 Å². The molecule has 2 aromatic rings. The molecule has 0 radical (unpaired) electrons. The number of nitrogens with zero attached hydrogens (tertiary/aromatic N) is 1. The summed E-state index contributed by atoms with van der Waals surface area (Å²) in [6.45, 7) is 0. The molecule has 2 unspecified atom stereocenters. The standard InChI is InChI=1S/C22H26N2O3/c25-20(19-9-18(24-27-19)7-6-15-4-2-1-3-5-15)23-21-10-16-8-17(11-21)13-22(26,12-16)14-21/h1-5,9,16-17,26H,6-8,10-14H2,(H,23,25). The SMILES string of the molecule is O=C(NC12CC3CC(CC(O)(C3)C1)C2)c1cc(CCc2ccccc2)no1. The number of rotatable bonds is 5. The highest BCUT2D eigenvalue weighted by Gasteiger charge is 2.57. The van der Waals surface area contributed by atoms with Crippen LogP contribution in [0.1, 0.15) is 60.3 Å². The van der Waals surface area contributed by atoms with Gasteiger partial charge in [-0.05, 0) is 68.8 Å². The molecular weight excluding hydrogens is 340 g/mol. The molecule has 4 aliphatic rings. The predicted molar refractivity (Wildman–Crippen MR) is 100 cm³/mol. The number of aliphatic hydroxyl groups is 1. The number of amides is 1. The topological polar surface area (TPSA) is 75.4 Å². The van der Waals surface area contributed by atoms with Crippen molar-refractivity contribution in [3.05, 3.63) is 53.4 Å². The lowest BCUT2D eigenvalue weighted by atomic mass is 9.51. The number of aromatic nitrogens is 1. The van der Waals surface area contributed by atoms with E-state index in [0.29, 0.717) is 18.3 Å². The first kappa shape index (κ1) is 17.0. The fraction of sp³-hybridized carbons (Fsp3) is 0.545. The van der Waals surface area contributed by atoms with E-state index in [2.05, 4.69) is 22.6 Å². The fourth-order valence-electron chi connectivity index (χ4n) is 6.12. The second-order valence-electron chi connectivity index (χ2n) is 9.09. The summed E-state index contributed by atoms with van der Waals surface area (Å²) in [5.41, 5.74) is 1.19. The number of nitrogens with one attached hydrogen (secondary N) is 1. The van der Waals surface area contributed by atoms with Gasteiger partial charge in [0.2, 0.25) is 5.76 Å². The number of carbonyl (C=O) groups excluding carboxylic acids is 1. The van der Waals surface area contributed by atoms with Gasteiger partial charge in [0.1, 0.15) is 0 Å². The maximum atomic E-state index is 12.8. The van der Waals surface area contributed by atoms with Gasteiger partial charge >= 0.3 is 0 Å². The third-order valence-corrected chi connectivity index (χ3v) is 6.70. The molecule has 4 saturated carbocycles. The molecule has 1 amide bonds. The molecule has 6 rings (SSSR count). The molecule has 1 aromatic heterocycles. The van der Waals surface area contributed by atoms with Crippen molar-refractivity contribution in [1.29, 1.82) is 0 Å². The van der Waals surface area contributed by atoms with E-state index >= 15 is 0 Å². The Balaban J connectivity index is 1.25. The van der Waals surface area contributed by atoms with Crippen LogP contribution in [0, 0.1) is 11.8 Å². The Labute approximate surface area is 159 Å². The summed E-state index contributed by atoms with van der Waals surface area (Å²) in [7, 11) is 0. The highest BCUT2D eigenvalue weighted by atomic mass is 16.5. The second kappa shape index (κ2) is 6.20. The lowest BCUT2D eigenvalue weighted by Gasteiger charge is -2.60. The summed E-state index contributed by atoms with van der Waals surface area (Å²) in [6.07, 6.45) is 7.24. The minimum absolute atomic E-state index is 0.195. The molecule has 2 atom stereocenters. The molecule has 0 saturated heterocycles. The van der Waals surface area contributed by atoms with Crippen LogP contribution in [0.4, 0.5) is 0 Å². The highest BCUT2D eigenvalue weighted by molar-refractivity contribution is 5.92. The molecular formula is C22H26N2O3. The van der Waals surface area contributed by atoms with Crippen molar-refractivity contribution in [3.8, 4) is 0 Å². The highest BCUT2D eigenvalue weighted by Crippen LogP contribution is 2.57. The molecule has 4 bridgehead atoms. The summed E-state index contributed by atoms with van der Waals surface area (Å²) in [4.78, 5) is 12.8. The van der Waals surface area contributed by atoms with Crippen LogP contribution in [0.5, 0.6) is 0 Å². The Hall–Kier alpha value is -2.14. The molecule has 27 heavy (non-hydrogen) atoms. The van der Waals surface area contributed by atoms with Gasteiger partial charge in [0.05, 0.1) is 11.3 Å². The molecule has 1 heterocycles. The van der Waals surface area contributed by atoms with Crippen LogP contribution in [0.3, 0.4) is 0 Å². The van der Waals surface area contributed by atoms with Crippen molar-refractivity contribution < 1.29 is 14.4 Å². The van der Waals surface area contributed by atoms with Gasteiger partial charge in [-0.2, -0.15) is 0 Å². The van der Waals surface area contributed by atoms with E-state index in [1.54, 1.807) is 6.07 Å². The molecule has 5 nitrogen and oxygen atoms in total. The van der Waals surface area contributed by atoms with Gasteiger partial charge in [-0.15, -0.1) is 0 Å². The molecule has 4 fully saturated rings. The normalized spacial score (nSPS) is 34.0. The quantitative estimate of drug-likeness (QED) is 0.852. The van der Waals surface area contributed by atoms with Crippen molar-refractivity contribution in [1.82, 2.24) is 10.5 Å². The number of hydrogen-bond donors (Lipinski definition) is 2. The maximum Gasteiger partial charge on any atom is 0.290 e. The van der Waals surface area contributed by atoms with Gasteiger partial charge in [-0.1, -0.05) is 35.5 Å². The number of aryl methyl sites for hydroxylation is 2. The van der Waals surface area contributed by atoms with Crippen molar-refractivity contribution in [3.63, 3.8) is 0 Å². The number of benzene rings is 1. The molecule has 1 aromatic carbocycles. The first-order valence-corrected chi connectivity index (χ1v) is 10.1. The number of carbonyl (C=O) groups is 1. The van der Waals surface area contributed by atoms with Crippen molar-refractivity contribution in [2.24, 2.45) is 11.8 Å². The predicted octanol–water partition coefficient (Wildman–Crippen LogP) is 3.27. The Morgan fingerprint density at radius 3 is 2.59 bits per heavy atom. The van der Waals surface area contributed by atoms with Crippen LogP contribution in [0.15, 0.2) is 40.9 Å². The minimum atomic E-state index is -0.584.